The molecule has 0 fully saturated rings. The van der Waals surface area contributed by atoms with Crippen LogP contribution >= 0.6 is 23.2 Å². The lowest BCUT2D eigenvalue weighted by Gasteiger charge is -2.19. The Balaban J connectivity index is 1.44. The third-order valence-electron chi connectivity index (χ3n) is 6.98. The van der Waals surface area contributed by atoms with Gasteiger partial charge < -0.3 is 9.73 Å². The lowest BCUT2D eigenvalue weighted by Crippen LogP contribution is -2.17. The third kappa shape index (κ3) is 5.42. The lowest BCUT2D eigenvalue weighted by molar-refractivity contribution is -0.116. The number of nitrogens with one attached hydrogen (secondary N) is 1. The van der Waals surface area contributed by atoms with Crippen molar-refractivity contribution in [1.82, 2.24) is 29.8 Å². The highest BCUT2D eigenvalue weighted by atomic mass is 35.5. The van der Waals surface area contributed by atoms with Gasteiger partial charge in [0.2, 0.25) is 5.91 Å². The molecule has 1 atom stereocenters. The van der Waals surface area contributed by atoms with Crippen molar-refractivity contribution < 1.29 is 18.0 Å². The largest absolute Gasteiger partial charge is 0.422 e. The summed E-state index contributed by atoms with van der Waals surface area (Å²) in [4.78, 5) is 30.6. The molecule has 5 heterocycles. The molecule has 2 bridgehead atoms. The summed E-state index contributed by atoms with van der Waals surface area (Å²) < 4.78 is 35.5. The van der Waals surface area contributed by atoms with E-state index in [2.05, 4.69) is 25.7 Å². The fourth-order valence-corrected chi connectivity index (χ4v) is 5.38. The molecular weight excluding hydrogens is 591 g/mol. The highest BCUT2D eigenvalue weighted by Crippen LogP contribution is 2.36. The van der Waals surface area contributed by atoms with Crippen LogP contribution < -0.4 is 10.9 Å². The van der Waals surface area contributed by atoms with E-state index in [-0.39, 0.29) is 34.6 Å². The van der Waals surface area contributed by atoms with E-state index in [1.807, 2.05) is 0 Å². The zero-order chi connectivity index (χ0) is 29.4. The van der Waals surface area contributed by atoms with Crippen LogP contribution in [0, 0.1) is 0 Å². The van der Waals surface area contributed by atoms with Crippen LogP contribution in [0.4, 0.5) is 14.5 Å². The Hall–Kier alpha value is -4.42. The summed E-state index contributed by atoms with van der Waals surface area (Å²) in [6.07, 6.45) is 5.94. The summed E-state index contributed by atoms with van der Waals surface area (Å²) in [5.74, 6) is -0.603. The predicted octanol–water partition coefficient (Wildman–Crippen LogP) is 6.49. The number of carbonyl (C=O) groups excluding carboxylic acids is 1. The molecule has 1 amide bonds. The van der Waals surface area contributed by atoms with Gasteiger partial charge in [0.25, 0.3) is 0 Å². The van der Waals surface area contributed by atoms with Crippen LogP contribution in [0.3, 0.4) is 0 Å². The number of alkyl halides is 2. The van der Waals surface area contributed by atoms with Crippen LogP contribution in [0.25, 0.3) is 28.3 Å². The van der Waals surface area contributed by atoms with E-state index in [0.717, 1.165) is 0 Å². The smallest absolute Gasteiger partial charge is 0.340 e. The topological polar surface area (TPSA) is 121 Å². The lowest BCUT2D eigenvalue weighted by atomic mass is 9.89. The molecule has 14 heteroatoms. The van der Waals surface area contributed by atoms with Crippen molar-refractivity contribution in [3.63, 3.8) is 0 Å². The minimum Gasteiger partial charge on any atom is -0.422 e. The Morgan fingerprint density at radius 3 is 2.69 bits per heavy atom. The van der Waals surface area contributed by atoms with Crippen molar-refractivity contribution in [3.05, 3.63) is 92.9 Å². The van der Waals surface area contributed by atoms with Crippen molar-refractivity contribution in [1.29, 1.82) is 0 Å². The average molecular weight is 612 g/mol. The Morgan fingerprint density at radius 2 is 1.93 bits per heavy atom. The molecule has 1 aromatic carbocycles. The highest BCUT2D eigenvalue weighted by molar-refractivity contribution is 6.31. The first-order valence-corrected chi connectivity index (χ1v) is 13.7. The maximum Gasteiger partial charge on any atom is 0.340 e. The highest BCUT2D eigenvalue weighted by Gasteiger charge is 2.26. The number of benzene rings is 1. The quantitative estimate of drug-likeness (QED) is 0.246. The van der Waals surface area contributed by atoms with Crippen molar-refractivity contribution in [3.8, 4) is 28.3 Å². The number of nitrogens with zero attached hydrogens (tertiary/aromatic N) is 6. The summed E-state index contributed by atoms with van der Waals surface area (Å²) in [7, 11) is 0. The number of halogens is 4. The van der Waals surface area contributed by atoms with Crippen molar-refractivity contribution in [2.24, 2.45) is 0 Å². The monoisotopic (exact) mass is 611 g/mol. The van der Waals surface area contributed by atoms with Gasteiger partial charge in [-0.2, -0.15) is 13.9 Å². The minimum absolute atomic E-state index is 0.0467. The number of carbonyl (C=O) groups is 1. The van der Waals surface area contributed by atoms with Crippen molar-refractivity contribution >= 4 is 34.8 Å². The number of rotatable bonds is 4. The molecule has 0 radical (unpaired) electrons. The van der Waals surface area contributed by atoms with Crippen LogP contribution in [0.5, 0.6) is 0 Å². The SMILES string of the molecule is O=C1CCCC[C@H](c2ccc(-c3cc(Cl)ccc3-n3cc(Cl)nn3)oc2=O)c2cc(ccn2)-c2c(cnn2C(F)F)N1. The normalized spacial score (nSPS) is 15.5. The first-order valence-electron chi connectivity index (χ1n) is 12.9. The number of anilines is 1. The average Bonchev–Trinajstić information content (AvgIpc) is 3.59. The molecule has 6 rings (SSSR count). The molecule has 5 aromatic rings. The number of aromatic nitrogens is 6. The minimum atomic E-state index is -2.93. The van der Waals surface area contributed by atoms with Crippen molar-refractivity contribution in [2.75, 3.05) is 5.32 Å². The van der Waals surface area contributed by atoms with Gasteiger partial charge in [-0.05, 0) is 55.3 Å². The molecular formula is C28H21Cl2F2N7O3. The summed E-state index contributed by atoms with van der Waals surface area (Å²) in [5.41, 5.74) is 1.85. The molecule has 10 nitrogen and oxygen atoms in total. The summed E-state index contributed by atoms with van der Waals surface area (Å²) in [5, 5.41) is 14.9. The van der Waals surface area contributed by atoms with Crippen LogP contribution in [-0.4, -0.2) is 35.7 Å². The Morgan fingerprint density at radius 1 is 1.07 bits per heavy atom. The van der Waals surface area contributed by atoms with Crippen LogP contribution in [0.15, 0.2) is 70.3 Å². The number of hydrogen-bond donors (Lipinski definition) is 1. The van der Waals surface area contributed by atoms with Gasteiger partial charge in [0.15, 0.2) is 5.15 Å². The molecule has 1 aliphatic heterocycles. The molecule has 0 aliphatic carbocycles. The predicted molar refractivity (Wildman–Crippen MR) is 151 cm³/mol. The van der Waals surface area contributed by atoms with E-state index in [9.17, 15) is 18.4 Å². The molecule has 1 N–H and O–H groups in total. The van der Waals surface area contributed by atoms with Gasteiger partial charge in [-0.1, -0.05) is 34.8 Å². The standard InChI is InChI=1S/C28H21Cl2F2N7O3/c29-16-5-7-22(38-14-24(30)36-37-38)19(12-16)23-8-6-18(27(41)42-23)17-3-1-2-4-25(40)35-21-13-34-39(28(31)32)26(21)15-9-10-33-20(17)11-15/h5-14,17,28H,1-4H2,(H,35,40)/t17-/m1/s1. The number of hydrogen-bond acceptors (Lipinski definition) is 7. The number of amides is 1. The van der Waals surface area contributed by atoms with Crippen molar-refractivity contribution in [2.45, 2.75) is 38.2 Å². The van der Waals surface area contributed by atoms with E-state index in [1.165, 1.54) is 23.3 Å². The second kappa shape index (κ2) is 11.5. The second-order valence-electron chi connectivity index (χ2n) is 9.63. The molecule has 1 aliphatic rings. The fourth-order valence-electron chi connectivity index (χ4n) is 5.08. The first kappa shape index (κ1) is 27.7. The molecule has 42 heavy (non-hydrogen) atoms. The molecule has 214 valence electrons. The van der Waals surface area contributed by atoms with E-state index in [1.54, 1.807) is 42.5 Å². The Kier molecular flexibility index (Phi) is 7.56. The van der Waals surface area contributed by atoms with Gasteiger partial charge in [-0.15, -0.1) is 5.10 Å². The molecule has 4 aromatic heterocycles. The molecule has 0 saturated carbocycles. The third-order valence-corrected chi connectivity index (χ3v) is 7.39. The summed E-state index contributed by atoms with van der Waals surface area (Å²) >= 11 is 12.2. The van der Waals surface area contributed by atoms with E-state index < -0.39 is 18.1 Å². The number of fused-ring (bicyclic) bond motifs is 4. The van der Waals surface area contributed by atoms with Gasteiger partial charge in [0, 0.05) is 45.9 Å². The zero-order valence-electron chi connectivity index (χ0n) is 21.7. The van der Waals surface area contributed by atoms with E-state index >= 15 is 0 Å². The molecule has 0 unspecified atom stereocenters. The van der Waals surface area contributed by atoms with Gasteiger partial charge in [0.1, 0.15) is 5.76 Å². The van der Waals surface area contributed by atoms with E-state index in [0.29, 0.717) is 57.0 Å². The van der Waals surface area contributed by atoms with Crippen LogP contribution in [0.2, 0.25) is 10.2 Å². The number of pyridine rings is 1. The zero-order valence-corrected chi connectivity index (χ0v) is 23.2. The summed E-state index contributed by atoms with van der Waals surface area (Å²) in [6.45, 7) is -2.93. The Labute approximate surface area is 246 Å². The van der Waals surface area contributed by atoms with E-state index in [4.69, 9.17) is 27.6 Å². The maximum absolute atomic E-state index is 13.8. The fraction of sp³-hybridized carbons (Fsp3) is 0.214. The molecule has 0 saturated heterocycles. The van der Waals surface area contributed by atoms with Gasteiger partial charge in [0.05, 0.1) is 29.5 Å². The maximum atomic E-state index is 13.8. The van der Waals surface area contributed by atoms with Gasteiger partial charge in [-0.25, -0.2) is 14.2 Å². The Bertz CT molecular complexity index is 1850. The summed E-state index contributed by atoms with van der Waals surface area (Å²) in [6, 6.07) is 11.5. The van der Waals surface area contributed by atoms with Gasteiger partial charge >= 0.3 is 12.2 Å². The van der Waals surface area contributed by atoms with Crippen LogP contribution in [-0.2, 0) is 4.79 Å². The second-order valence-corrected chi connectivity index (χ2v) is 10.5. The molecule has 0 spiro atoms. The first-order chi connectivity index (χ1) is 20.3. The van der Waals surface area contributed by atoms with Crippen LogP contribution in [0.1, 0.15) is 49.4 Å². The van der Waals surface area contributed by atoms with Gasteiger partial charge in [-0.3, -0.25) is 9.78 Å².